The van der Waals surface area contributed by atoms with Gasteiger partial charge in [0.15, 0.2) is 0 Å². The van der Waals surface area contributed by atoms with Crippen LogP contribution >= 0.6 is 27.5 Å². The number of hydrogen-bond acceptors (Lipinski definition) is 4. The van der Waals surface area contributed by atoms with Gasteiger partial charge in [-0.15, -0.1) is 5.10 Å². The first-order valence-electron chi connectivity index (χ1n) is 6.66. The number of halogens is 1. The fraction of sp³-hybridized carbons (Fsp3) is 0.400. The molecular weight excluding hydrogens is 350 g/mol. The first-order valence-corrected chi connectivity index (χ1v) is 8.56. The van der Waals surface area contributed by atoms with Crippen molar-refractivity contribution in [2.75, 3.05) is 0 Å². The summed E-state index contributed by atoms with van der Waals surface area (Å²) in [6.45, 7) is 6.58. The summed E-state index contributed by atoms with van der Waals surface area (Å²) < 4.78 is 3.91. The highest BCUT2D eigenvalue weighted by molar-refractivity contribution is 9.08. The quantitative estimate of drug-likeness (QED) is 0.838. The second kappa shape index (κ2) is 6.66. The number of carbonyl (C=O) groups is 1. The number of alkyl halides is 1. The number of nitrogens with zero attached hydrogens (tertiary/aromatic N) is 2. The predicted molar refractivity (Wildman–Crippen MR) is 88.9 cm³/mol. The Kier molecular flexibility index (Phi) is 5.11. The largest absolute Gasteiger partial charge is 0.347 e. The Labute approximate surface area is 137 Å². The van der Waals surface area contributed by atoms with E-state index in [0.29, 0.717) is 11.4 Å². The van der Waals surface area contributed by atoms with Crippen LogP contribution in [-0.2, 0) is 17.3 Å². The monoisotopic (exact) mass is 367 g/mol. The minimum atomic E-state index is -0.183. The van der Waals surface area contributed by atoms with E-state index >= 15 is 0 Å². The van der Waals surface area contributed by atoms with Crippen molar-refractivity contribution >= 4 is 33.4 Å². The number of benzene rings is 1. The number of rotatable bonds is 4. The van der Waals surface area contributed by atoms with E-state index in [2.05, 4.69) is 30.8 Å². The van der Waals surface area contributed by atoms with Crippen LogP contribution in [0.4, 0.5) is 0 Å². The van der Waals surface area contributed by atoms with Gasteiger partial charge in [0, 0.05) is 17.3 Å². The third kappa shape index (κ3) is 4.11. The van der Waals surface area contributed by atoms with Gasteiger partial charge in [-0.3, -0.25) is 4.79 Å². The van der Waals surface area contributed by atoms with E-state index in [4.69, 9.17) is 0 Å². The third-order valence-electron chi connectivity index (χ3n) is 3.03. The normalized spacial score (nSPS) is 11.4. The van der Waals surface area contributed by atoms with Crippen LogP contribution in [0.5, 0.6) is 0 Å². The molecule has 1 aromatic carbocycles. The second-order valence-electron chi connectivity index (χ2n) is 5.83. The molecule has 0 spiro atoms. The van der Waals surface area contributed by atoms with E-state index in [9.17, 15) is 4.79 Å². The van der Waals surface area contributed by atoms with Gasteiger partial charge in [0.25, 0.3) is 5.91 Å². The molecule has 0 aliphatic heterocycles. The van der Waals surface area contributed by atoms with Crippen LogP contribution in [0.25, 0.3) is 0 Å². The number of amides is 1. The molecular formula is C15H18BrN3OS. The van der Waals surface area contributed by atoms with E-state index in [0.717, 1.165) is 28.1 Å². The van der Waals surface area contributed by atoms with Crippen LogP contribution in [-0.4, -0.2) is 15.5 Å². The van der Waals surface area contributed by atoms with Crippen LogP contribution in [0, 0.1) is 0 Å². The first kappa shape index (κ1) is 16.1. The fourth-order valence-corrected chi connectivity index (χ4v) is 3.01. The second-order valence-corrected chi connectivity index (χ2v) is 7.15. The number of carbonyl (C=O) groups excluding carboxylic acids is 1. The number of nitrogens with one attached hydrogen (secondary N) is 1. The van der Waals surface area contributed by atoms with Gasteiger partial charge in [-0.25, -0.2) is 0 Å². The van der Waals surface area contributed by atoms with E-state index in [1.807, 2.05) is 45.0 Å². The summed E-state index contributed by atoms with van der Waals surface area (Å²) in [5.41, 5.74) is 2.85. The number of hydrogen-bond donors (Lipinski definition) is 1. The van der Waals surface area contributed by atoms with Crippen LogP contribution in [0.2, 0.25) is 0 Å². The predicted octanol–water partition coefficient (Wildman–Crippen LogP) is 3.66. The Balaban J connectivity index is 2.03. The average molecular weight is 368 g/mol. The average Bonchev–Trinajstić information content (AvgIpc) is 2.95. The molecule has 0 aliphatic carbocycles. The molecule has 0 unspecified atom stereocenters. The van der Waals surface area contributed by atoms with Crippen molar-refractivity contribution in [3.05, 3.63) is 46.0 Å². The van der Waals surface area contributed by atoms with Crippen LogP contribution < -0.4 is 5.32 Å². The summed E-state index contributed by atoms with van der Waals surface area (Å²) in [6, 6.07) is 8.13. The standard InChI is InChI=1S/C15H18BrN3OS/c1-15(2,3)13-12(21-19-18-13)14(20)17-9-11-6-4-10(8-16)5-7-11/h4-7H,8-9H2,1-3H3,(H,17,20). The van der Waals surface area contributed by atoms with Crippen molar-refractivity contribution in [1.29, 1.82) is 0 Å². The van der Waals surface area contributed by atoms with Crippen molar-refractivity contribution in [2.45, 2.75) is 38.1 Å². The lowest BCUT2D eigenvalue weighted by atomic mass is 9.91. The Hall–Kier alpha value is -1.27. The summed E-state index contributed by atoms with van der Waals surface area (Å²) in [6.07, 6.45) is 0. The zero-order valence-electron chi connectivity index (χ0n) is 12.3. The summed E-state index contributed by atoms with van der Waals surface area (Å²) in [5.74, 6) is -0.112. The molecule has 0 saturated carbocycles. The molecule has 1 aromatic heterocycles. The lowest BCUT2D eigenvalue weighted by Crippen LogP contribution is -2.25. The minimum Gasteiger partial charge on any atom is -0.347 e. The maximum Gasteiger partial charge on any atom is 0.265 e. The molecule has 21 heavy (non-hydrogen) atoms. The molecule has 0 aliphatic rings. The van der Waals surface area contributed by atoms with Gasteiger partial charge in [-0.05, 0) is 22.7 Å². The van der Waals surface area contributed by atoms with Gasteiger partial charge < -0.3 is 5.32 Å². The molecule has 0 atom stereocenters. The molecule has 4 nitrogen and oxygen atoms in total. The molecule has 1 N–H and O–H groups in total. The molecule has 0 radical (unpaired) electrons. The van der Waals surface area contributed by atoms with E-state index in [1.54, 1.807) is 0 Å². The molecule has 1 heterocycles. The molecule has 6 heteroatoms. The topological polar surface area (TPSA) is 54.9 Å². The van der Waals surface area contributed by atoms with E-state index in [-0.39, 0.29) is 11.3 Å². The SMILES string of the molecule is CC(C)(C)c1nnsc1C(=O)NCc1ccc(CBr)cc1. The van der Waals surface area contributed by atoms with E-state index in [1.165, 1.54) is 5.56 Å². The number of aromatic nitrogens is 2. The highest BCUT2D eigenvalue weighted by atomic mass is 79.9. The molecule has 0 bridgehead atoms. The van der Waals surface area contributed by atoms with Gasteiger partial charge in [-0.1, -0.05) is 65.5 Å². The van der Waals surface area contributed by atoms with Crippen molar-refractivity contribution in [1.82, 2.24) is 14.9 Å². The molecule has 0 fully saturated rings. The van der Waals surface area contributed by atoms with Gasteiger partial charge >= 0.3 is 0 Å². The Morgan fingerprint density at radius 2 is 1.86 bits per heavy atom. The van der Waals surface area contributed by atoms with Crippen molar-refractivity contribution in [2.24, 2.45) is 0 Å². The highest BCUT2D eigenvalue weighted by Crippen LogP contribution is 2.25. The Morgan fingerprint density at radius 1 is 1.24 bits per heavy atom. The van der Waals surface area contributed by atoms with Crippen LogP contribution in [0.1, 0.15) is 47.3 Å². The van der Waals surface area contributed by atoms with E-state index < -0.39 is 0 Å². The highest BCUT2D eigenvalue weighted by Gasteiger charge is 2.26. The van der Waals surface area contributed by atoms with Gasteiger partial charge in [0.05, 0.1) is 5.69 Å². The third-order valence-corrected chi connectivity index (χ3v) is 4.41. The fourth-order valence-electron chi connectivity index (χ4n) is 1.84. The maximum atomic E-state index is 12.3. The first-order chi connectivity index (χ1) is 9.91. The maximum absolute atomic E-state index is 12.3. The molecule has 1 amide bonds. The zero-order chi connectivity index (χ0) is 15.5. The summed E-state index contributed by atoms with van der Waals surface area (Å²) >= 11 is 4.56. The minimum absolute atomic E-state index is 0.112. The van der Waals surface area contributed by atoms with Gasteiger partial charge in [0.2, 0.25) is 0 Å². The smallest absolute Gasteiger partial charge is 0.265 e. The van der Waals surface area contributed by atoms with Gasteiger partial charge in [0.1, 0.15) is 4.88 Å². The van der Waals surface area contributed by atoms with Crippen LogP contribution in [0.15, 0.2) is 24.3 Å². The Bertz CT molecular complexity index is 617. The summed E-state index contributed by atoms with van der Waals surface area (Å²) in [7, 11) is 0. The lowest BCUT2D eigenvalue weighted by molar-refractivity contribution is 0.0952. The molecule has 0 saturated heterocycles. The van der Waals surface area contributed by atoms with Crippen molar-refractivity contribution in [3.8, 4) is 0 Å². The Morgan fingerprint density at radius 3 is 2.43 bits per heavy atom. The van der Waals surface area contributed by atoms with Gasteiger partial charge in [-0.2, -0.15) is 0 Å². The van der Waals surface area contributed by atoms with Crippen LogP contribution in [0.3, 0.4) is 0 Å². The summed E-state index contributed by atoms with van der Waals surface area (Å²) in [4.78, 5) is 12.9. The molecule has 112 valence electrons. The summed E-state index contributed by atoms with van der Waals surface area (Å²) in [5, 5.41) is 7.85. The zero-order valence-corrected chi connectivity index (χ0v) is 14.7. The van der Waals surface area contributed by atoms with Crippen molar-refractivity contribution in [3.63, 3.8) is 0 Å². The lowest BCUT2D eigenvalue weighted by Gasteiger charge is -2.16. The molecule has 2 aromatic rings. The van der Waals surface area contributed by atoms with Crippen molar-refractivity contribution < 1.29 is 4.79 Å². The molecule has 2 rings (SSSR count).